The first kappa shape index (κ1) is 17.9. The van der Waals surface area contributed by atoms with Crippen LogP contribution in [0.1, 0.15) is 0 Å². The second-order valence-corrected chi connectivity index (χ2v) is 8.12. The lowest BCUT2D eigenvalue weighted by Gasteiger charge is -2.25. The minimum Gasteiger partial charge on any atom is -0.311 e. The average Bonchev–Trinajstić information content (AvgIpc) is 2.73. The van der Waals surface area contributed by atoms with Crippen LogP contribution in [0.3, 0.4) is 0 Å². The minimum absolute atomic E-state index is 1.10. The van der Waals surface area contributed by atoms with Gasteiger partial charge in [0, 0.05) is 31.3 Å². The number of para-hydroxylation sites is 2. The molecular formula is C24H18BrNS. The summed E-state index contributed by atoms with van der Waals surface area (Å²) in [4.78, 5) is 4.73. The Morgan fingerprint density at radius 1 is 0.481 bits per heavy atom. The number of anilines is 3. The van der Waals surface area contributed by atoms with E-state index in [2.05, 4.69) is 118 Å². The van der Waals surface area contributed by atoms with Crippen LogP contribution < -0.4 is 4.90 Å². The van der Waals surface area contributed by atoms with E-state index in [0.29, 0.717) is 0 Å². The van der Waals surface area contributed by atoms with Crippen molar-refractivity contribution in [3.63, 3.8) is 0 Å². The Hall–Kier alpha value is -2.49. The van der Waals surface area contributed by atoms with Gasteiger partial charge in [0.05, 0.1) is 0 Å². The van der Waals surface area contributed by atoms with Crippen molar-refractivity contribution in [2.75, 3.05) is 4.90 Å². The van der Waals surface area contributed by atoms with E-state index in [-0.39, 0.29) is 0 Å². The Balaban J connectivity index is 1.64. The largest absolute Gasteiger partial charge is 0.311 e. The Labute approximate surface area is 172 Å². The van der Waals surface area contributed by atoms with E-state index in [9.17, 15) is 0 Å². The first-order valence-corrected chi connectivity index (χ1v) is 10.3. The van der Waals surface area contributed by atoms with Crippen LogP contribution in [0.2, 0.25) is 0 Å². The maximum Gasteiger partial charge on any atom is 0.0462 e. The van der Waals surface area contributed by atoms with Gasteiger partial charge in [-0.25, -0.2) is 0 Å². The third kappa shape index (κ3) is 4.44. The summed E-state index contributed by atoms with van der Waals surface area (Å²) in [7, 11) is 0. The van der Waals surface area contributed by atoms with Crippen LogP contribution in [0.25, 0.3) is 0 Å². The van der Waals surface area contributed by atoms with E-state index >= 15 is 0 Å². The zero-order valence-corrected chi connectivity index (χ0v) is 17.0. The summed E-state index contributed by atoms with van der Waals surface area (Å²) in [5.74, 6) is 0. The van der Waals surface area contributed by atoms with Gasteiger partial charge < -0.3 is 4.90 Å². The topological polar surface area (TPSA) is 3.24 Å². The van der Waals surface area contributed by atoms with E-state index in [4.69, 9.17) is 0 Å². The molecule has 4 aromatic carbocycles. The van der Waals surface area contributed by atoms with Crippen LogP contribution in [-0.4, -0.2) is 0 Å². The molecule has 4 aromatic rings. The Morgan fingerprint density at radius 2 is 0.889 bits per heavy atom. The zero-order valence-electron chi connectivity index (χ0n) is 14.6. The van der Waals surface area contributed by atoms with Gasteiger partial charge in [-0.1, -0.05) is 64.1 Å². The van der Waals surface area contributed by atoms with Gasteiger partial charge in [0.1, 0.15) is 0 Å². The predicted octanol–water partition coefficient (Wildman–Crippen LogP) is 8.07. The molecule has 0 bridgehead atoms. The second kappa shape index (κ2) is 8.47. The third-order valence-corrected chi connectivity index (χ3v) is 5.72. The third-order valence-electron chi connectivity index (χ3n) is 4.17. The summed E-state index contributed by atoms with van der Waals surface area (Å²) in [5.41, 5.74) is 3.45. The normalized spacial score (nSPS) is 10.6. The van der Waals surface area contributed by atoms with Crippen LogP contribution >= 0.6 is 27.7 Å². The van der Waals surface area contributed by atoms with Crippen LogP contribution in [-0.2, 0) is 0 Å². The molecule has 0 spiro atoms. The van der Waals surface area contributed by atoms with Crippen molar-refractivity contribution in [2.45, 2.75) is 9.79 Å². The molecule has 0 aliphatic rings. The molecule has 0 saturated heterocycles. The van der Waals surface area contributed by atoms with E-state index in [1.807, 2.05) is 12.1 Å². The molecule has 4 rings (SSSR count). The van der Waals surface area contributed by atoms with Gasteiger partial charge in [0.2, 0.25) is 0 Å². The van der Waals surface area contributed by atoms with Gasteiger partial charge in [-0.3, -0.25) is 0 Å². The molecule has 0 aromatic heterocycles. The smallest absolute Gasteiger partial charge is 0.0462 e. The fourth-order valence-electron chi connectivity index (χ4n) is 2.90. The lowest BCUT2D eigenvalue weighted by Crippen LogP contribution is -2.09. The van der Waals surface area contributed by atoms with Gasteiger partial charge in [0.25, 0.3) is 0 Å². The molecule has 0 atom stereocenters. The lowest BCUT2D eigenvalue weighted by molar-refractivity contribution is 1.27. The van der Waals surface area contributed by atoms with Gasteiger partial charge in [-0.05, 0) is 72.8 Å². The minimum atomic E-state index is 1.10. The van der Waals surface area contributed by atoms with Gasteiger partial charge >= 0.3 is 0 Å². The molecule has 0 heterocycles. The van der Waals surface area contributed by atoms with Gasteiger partial charge in [-0.2, -0.15) is 0 Å². The molecule has 0 radical (unpaired) electrons. The molecule has 0 unspecified atom stereocenters. The molecule has 0 amide bonds. The van der Waals surface area contributed by atoms with E-state index in [0.717, 1.165) is 21.5 Å². The molecule has 1 nitrogen and oxygen atoms in total. The number of nitrogens with zero attached hydrogens (tertiary/aromatic N) is 1. The van der Waals surface area contributed by atoms with E-state index in [1.165, 1.54) is 9.79 Å². The van der Waals surface area contributed by atoms with Crippen molar-refractivity contribution in [1.82, 2.24) is 0 Å². The Kier molecular flexibility index (Phi) is 5.61. The number of benzene rings is 4. The highest BCUT2D eigenvalue weighted by molar-refractivity contribution is 9.10. The molecule has 27 heavy (non-hydrogen) atoms. The molecule has 0 fully saturated rings. The number of hydrogen-bond donors (Lipinski definition) is 0. The van der Waals surface area contributed by atoms with Crippen molar-refractivity contribution in [2.24, 2.45) is 0 Å². The second-order valence-electron chi connectivity index (χ2n) is 6.06. The van der Waals surface area contributed by atoms with Crippen LogP contribution in [0.15, 0.2) is 123 Å². The highest BCUT2D eigenvalue weighted by Gasteiger charge is 2.11. The van der Waals surface area contributed by atoms with Gasteiger partial charge in [-0.15, -0.1) is 0 Å². The van der Waals surface area contributed by atoms with Crippen molar-refractivity contribution in [1.29, 1.82) is 0 Å². The van der Waals surface area contributed by atoms with Crippen molar-refractivity contribution < 1.29 is 0 Å². The molecule has 0 saturated carbocycles. The standard InChI is InChI=1S/C24H18BrNS/c25-19-11-15-23(16-12-19)27-24-17-13-22(14-18-24)26(20-7-3-1-4-8-20)21-9-5-2-6-10-21/h1-18H. The lowest BCUT2D eigenvalue weighted by atomic mass is 10.2. The molecular weight excluding hydrogens is 414 g/mol. The van der Waals surface area contributed by atoms with E-state index in [1.54, 1.807) is 11.8 Å². The molecule has 132 valence electrons. The van der Waals surface area contributed by atoms with Gasteiger partial charge in [0.15, 0.2) is 0 Å². The Morgan fingerprint density at radius 3 is 1.37 bits per heavy atom. The predicted molar refractivity (Wildman–Crippen MR) is 119 cm³/mol. The van der Waals surface area contributed by atoms with Crippen LogP contribution in [0, 0.1) is 0 Å². The summed E-state index contributed by atoms with van der Waals surface area (Å²) >= 11 is 5.25. The zero-order chi connectivity index (χ0) is 18.5. The van der Waals surface area contributed by atoms with Crippen molar-refractivity contribution in [3.8, 4) is 0 Å². The summed E-state index contributed by atoms with van der Waals surface area (Å²) in [6.07, 6.45) is 0. The first-order chi connectivity index (χ1) is 13.3. The summed E-state index contributed by atoms with van der Waals surface area (Å²) in [6.45, 7) is 0. The maximum atomic E-state index is 3.49. The van der Waals surface area contributed by atoms with Crippen molar-refractivity contribution >= 4 is 44.8 Å². The monoisotopic (exact) mass is 431 g/mol. The molecule has 0 aliphatic carbocycles. The van der Waals surface area contributed by atoms with Crippen LogP contribution in [0.4, 0.5) is 17.1 Å². The number of halogens is 1. The van der Waals surface area contributed by atoms with Crippen molar-refractivity contribution in [3.05, 3.63) is 114 Å². The molecule has 0 N–H and O–H groups in total. The summed E-state index contributed by atoms with van der Waals surface area (Å²) in [6, 6.07) is 38.1. The summed E-state index contributed by atoms with van der Waals surface area (Å²) < 4.78 is 1.10. The quantitative estimate of drug-likeness (QED) is 0.314. The highest BCUT2D eigenvalue weighted by atomic mass is 79.9. The number of rotatable bonds is 5. The first-order valence-electron chi connectivity index (χ1n) is 8.73. The van der Waals surface area contributed by atoms with E-state index < -0.39 is 0 Å². The van der Waals surface area contributed by atoms with Crippen LogP contribution in [0.5, 0.6) is 0 Å². The maximum absolute atomic E-state index is 3.49. The molecule has 3 heteroatoms. The number of hydrogen-bond acceptors (Lipinski definition) is 2. The average molecular weight is 432 g/mol. The SMILES string of the molecule is Brc1ccc(Sc2ccc(N(c3ccccc3)c3ccccc3)cc2)cc1. The molecule has 0 aliphatic heterocycles. The Bertz CT molecular complexity index is 944. The highest BCUT2D eigenvalue weighted by Crippen LogP contribution is 2.36. The summed E-state index contributed by atoms with van der Waals surface area (Å²) in [5, 5.41) is 0. The fraction of sp³-hybridized carbons (Fsp3) is 0. The fourth-order valence-corrected chi connectivity index (χ4v) is 3.98.